The minimum absolute atomic E-state index is 0.406. The van der Waals surface area contributed by atoms with E-state index in [1.54, 1.807) is 13.3 Å². The Morgan fingerprint density at radius 3 is 3.00 bits per heavy atom. The van der Waals surface area contributed by atoms with Gasteiger partial charge >= 0.3 is 0 Å². The molecule has 0 aromatic carbocycles. The Morgan fingerprint density at radius 1 is 1.67 bits per heavy atom. The molecule has 0 saturated carbocycles. The van der Waals surface area contributed by atoms with Gasteiger partial charge in [0.15, 0.2) is 0 Å². The number of rotatable bonds is 5. The highest BCUT2D eigenvalue weighted by Gasteiger charge is 1.76. The number of hydrogen-bond acceptors (Lipinski definition) is 3. The fourth-order valence-corrected chi connectivity index (χ4v) is 0.353. The molecule has 0 spiro atoms. The monoisotopic (exact) mass is 129 g/mol. The molecule has 0 saturated heterocycles. The molecule has 0 aliphatic heterocycles. The molecule has 0 aliphatic carbocycles. The Labute approximate surface area is 54.7 Å². The largest absolute Gasteiger partial charge is 0.383 e. The van der Waals surface area contributed by atoms with E-state index in [9.17, 15) is 4.79 Å². The van der Waals surface area contributed by atoms with Crippen LogP contribution in [0.3, 0.4) is 0 Å². The lowest BCUT2D eigenvalue weighted by molar-refractivity contribution is -0.106. The van der Waals surface area contributed by atoms with Crippen LogP contribution in [0.15, 0.2) is 4.99 Å². The number of ether oxygens (including phenoxy) is 1. The van der Waals surface area contributed by atoms with E-state index in [0.717, 1.165) is 6.29 Å². The zero-order valence-corrected chi connectivity index (χ0v) is 5.54. The van der Waals surface area contributed by atoms with Gasteiger partial charge in [0.1, 0.15) is 6.29 Å². The number of hydrogen-bond donors (Lipinski definition) is 0. The molecule has 3 nitrogen and oxygen atoms in total. The first-order chi connectivity index (χ1) is 4.41. The lowest BCUT2D eigenvalue weighted by Gasteiger charge is -1.88. The topological polar surface area (TPSA) is 38.7 Å². The van der Waals surface area contributed by atoms with E-state index in [4.69, 9.17) is 4.74 Å². The SMILES string of the molecule is COCCN=CCC=O. The lowest BCUT2D eigenvalue weighted by atomic mass is 10.5. The highest BCUT2D eigenvalue weighted by atomic mass is 16.5. The maximum atomic E-state index is 9.72. The summed E-state index contributed by atoms with van der Waals surface area (Å²) in [7, 11) is 1.62. The molecule has 0 aliphatic rings. The molecule has 9 heavy (non-hydrogen) atoms. The van der Waals surface area contributed by atoms with Crippen LogP contribution >= 0.6 is 0 Å². The molecule has 3 heteroatoms. The first-order valence-electron chi connectivity index (χ1n) is 2.82. The van der Waals surface area contributed by atoms with Gasteiger partial charge in [0, 0.05) is 19.7 Å². The smallest absolute Gasteiger partial charge is 0.125 e. The van der Waals surface area contributed by atoms with E-state index in [2.05, 4.69) is 4.99 Å². The van der Waals surface area contributed by atoms with Gasteiger partial charge in [0.2, 0.25) is 0 Å². The summed E-state index contributed by atoms with van der Waals surface area (Å²) >= 11 is 0. The van der Waals surface area contributed by atoms with Crippen molar-refractivity contribution in [2.45, 2.75) is 6.42 Å². The summed E-state index contributed by atoms with van der Waals surface area (Å²) in [5, 5.41) is 0. The molecule has 0 rings (SSSR count). The van der Waals surface area contributed by atoms with Crippen LogP contribution < -0.4 is 0 Å². The van der Waals surface area contributed by atoms with Crippen LogP contribution in [0, 0.1) is 0 Å². The van der Waals surface area contributed by atoms with E-state index in [1.165, 1.54) is 0 Å². The van der Waals surface area contributed by atoms with Gasteiger partial charge in [-0.2, -0.15) is 0 Å². The van der Waals surface area contributed by atoms with E-state index >= 15 is 0 Å². The summed E-state index contributed by atoms with van der Waals surface area (Å²) in [5.74, 6) is 0. The van der Waals surface area contributed by atoms with Crippen LogP contribution in [0.25, 0.3) is 0 Å². The molecule has 0 aromatic heterocycles. The minimum Gasteiger partial charge on any atom is -0.383 e. The summed E-state index contributed by atoms with van der Waals surface area (Å²) in [4.78, 5) is 13.6. The van der Waals surface area contributed by atoms with Crippen molar-refractivity contribution in [1.29, 1.82) is 0 Å². The maximum Gasteiger partial charge on any atom is 0.125 e. The number of methoxy groups -OCH3 is 1. The van der Waals surface area contributed by atoms with Crippen LogP contribution in [0.1, 0.15) is 6.42 Å². The van der Waals surface area contributed by atoms with Crippen molar-refractivity contribution in [2.24, 2.45) is 4.99 Å². The van der Waals surface area contributed by atoms with Crippen molar-refractivity contribution in [3.63, 3.8) is 0 Å². The Morgan fingerprint density at radius 2 is 2.44 bits per heavy atom. The highest BCUT2D eigenvalue weighted by molar-refractivity contribution is 5.76. The Kier molecular flexibility index (Phi) is 6.73. The van der Waals surface area contributed by atoms with E-state index in [-0.39, 0.29) is 0 Å². The first-order valence-corrected chi connectivity index (χ1v) is 2.82. The van der Waals surface area contributed by atoms with Crippen molar-refractivity contribution in [1.82, 2.24) is 0 Å². The lowest BCUT2D eigenvalue weighted by Crippen LogP contribution is -1.92. The van der Waals surface area contributed by atoms with Crippen molar-refractivity contribution < 1.29 is 9.53 Å². The molecule has 0 bridgehead atoms. The molecule has 0 fully saturated rings. The molecule has 0 radical (unpaired) electrons. The number of aldehydes is 1. The molecule has 52 valence electrons. The molecule has 0 heterocycles. The Balaban J connectivity index is 2.94. The van der Waals surface area contributed by atoms with Gasteiger partial charge in [0.05, 0.1) is 13.2 Å². The number of carbonyl (C=O) groups is 1. The zero-order valence-electron chi connectivity index (χ0n) is 5.54. The van der Waals surface area contributed by atoms with Crippen molar-refractivity contribution in [3.05, 3.63) is 0 Å². The molecule has 0 N–H and O–H groups in total. The molecular weight excluding hydrogens is 118 g/mol. The van der Waals surface area contributed by atoms with Crippen LogP contribution in [0.4, 0.5) is 0 Å². The second-order valence-corrected chi connectivity index (χ2v) is 1.48. The van der Waals surface area contributed by atoms with E-state index < -0.39 is 0 Å². The predicted molar refractivity (Wildman–Crippen MR) is 35.9 cm³/mol. The van der Waals surface area contributed by atoms with Gasteiger partial charge < -0.3 is 9.53 Å². The predicted octanol–water partition coefficient (Wildman–Crippen LogP) is 0.293. The van der Waals surface area contributed by atoms with Crippen LogP contribution in [-0.4, -0.2) is 32.8 Å². The average Bonchev–Trinajstić information content (AvgIpc) is 1.89. The summed E-state index contributed by atoms with van der Waals surface area (Å²) < 4.78 is 4.72. The highest BCUT2D eigenvalue weighted by Crippen LogP contribution is 1.71. The third-order valence-corrected chi connectivity index (χ3v) is 0.755. The maximum absolute atomic E-state index is 9.72. The van der Waals surface area contributed by atoms with Gasteiger partial charge in [0.25, 0.3) is 0 Å². The minimum atomic E-state index is 0.406. The third-order valence-electron chi connectivity index (χ3n) is 0.755. The van der Waals surface area contributed by atoms with Crippen LogP contribution in [-0.2, 0) is 9.53 Å². The summed E-state index contributed by atoms with van der Waals surface area (Å²) in [5.41, 5.74) is 0. The van der Waals surface area contributed by atoms with Gasteiger partial charge in [-0.1, -0.05) is 0 Å². The summed E-state index contributed by atoms with van der Waals surface area (Å²) in [6, 6.07) is 0. The fourth-order valence-electron chi connectivity index (χ4n) is 0.353. The molecule has 0 aromatic rings. The summed E-state index contributed by atoms with van der Waals surface area (Å²) in [6.45, 7) is 1.26. The normalized spacial score (nSPS) is 10.3. The van der Waals surface area contributed by atoms with Crippen molar-refractivity contribution in [2.75, 3.05) is 20.3 Å². The quantitative estimate of drug-likeness (QED) is 0.304. The second-order valence-electron chi connectivity index (χ2n) is 1.48. The van der Waals surface area contributed by atoms with Gasteiger partial charge in [-0.3, -0.25) is 4.99 Å². The number of carbonyl (C=O) groups excluding carboxylic acids is 1. The zero-order chi connectivity index (χ0) is 6.95. The molecule has 0 amide bonds. The molecule has 0 atom stereocenters. The standard InChI is InChI=1S/C6H11NO2/c1-9-6-4-7-3-2-5-8/h3,5H,2,4,6H2,1H3. The molecular formula is C6H11NO2. The van der Waals surface area contributed by atoms with Gasteiger partial charge in [-0.05, 0) is 0 Å². The van der Waals surface area contributed by atoms with Gasteiger partial charge in [-0.15, -0.1) is 0 Å². The first kappa shape index (κ1) is 8.30. The van der Waals surface area contributed by atoms with E-state index in [1.807, 2.05) is 0 Å². The third kappa shape index (κ3) is 7.30. The van der Waals surface area contributed by atoms with Crippen molar-refractivity contribution in [3.8, 4) is 0 Å². The van der Waals surface area contributed by atoms with Crippen LogP contribution in [0.5, 0.6) is 0 Å². The van der Waals surface area contributed by atoms with Crippen molar-refractivity contribution >= 4 is 12.5 Å². The Bertz CT molecular complexity index is 91.1. The van der Waals surface area contributed by atoms with Crippen LogP contribution in [0.2, 0.25) is 0 Å². The van der Waals surface area contributed by atoms with Gasteiger partial charge in [-0.25, -0.2) is 0 Å². The van der Waals surface area contributed by atoms with E-state index in [0.29, 0.717) is 19.6 Å². The number of aliphatic imine (C=N–C) groups is 1. The second kappa shape index (κ2) is 7.30. The average molecular weight is 129 g/mol. The molecule has 0 unspecified atom stereocenters. The Hall–Kier alpha value is -0.700. The number of nitrogens with zero attached hydrogens (tertiary/aromatic N) is 1. The fraction of sp³-hybridized carbons (Fsp3) is 0.667. The summed E-state index contributed by atoms with van der Waals surface area (Å²) in [6.07, 6.45) is 2.81.